The molecular weight excluding hydrogens is 260 g/mol. The zero-order valence-electron chi connectivity index (χ0n) is 12.0. The molecule has 0 saturated heterocycles. The molecule has 21 heavy (non-hydrogen) atoms. The van der Waals surface area contributed by atoms with Gasteiger partial charge in [0.1, 0.15) is 6.17 Å². The summed E-state index contributed by atoms with van der Waals surface area (Å²) in [7, 11) is 0. The second-order valence-corrected chi connectivity index (χ2v) is 5.45. The first-order valence-electron chi connectivity index (χ1n) is 7.06. The van der Waals surface area contributed by atoms with Crippen LogP contribution in [0.15, 0.2) is 48.8 Å². The van der Waals surface area contributed by atoms with E-state index in [1.807, 2.05) is 23.9 Å². The van der Waals surface area contributed by atoms with Crippen LogP contribution in [0.4, 0.5) is 5.69 Å². The van der Waals surface area contributed by atoms with Crippen molar-refractivity contribution in [3.63, 3.8) is 0 Å². The molecule has 4 heteroatoms. The molecule has 4 nitrogen and oxygen atoms in total. The maximum atomic E-state index is 4.66. The maximum Gasteiger partial charge on any atom is 0.148 e. The lowest BCUT2D eigenvalue weighted by molar-refractivity contribution is 0.569. The van der Waals surface area contributed by atoms with Gasteiger partial charge in [0.25, 0.3) is 0 Å². The van der Waals surface area contributed by atoms with E-state index >= 15 is 0 Å². The standard InChI is InChI=1S/C17H16N4/c1-11-5-3-7-14-15-9-12(2)20-21(15)17(19-16(11)14)13-6-4-8-18-10-13/h3-10,17,19H,1-2H3/t17-/m0/s1. The van der Waals surface area contributed by atoms with E-state index in [2.05, 4.69) is 52.7 Å². The van der Waals surface area contributed by atoms with E-state index in [4.69, 9.17) is 0 Å². The van der Waals surface area contributed by atoms with Crippen LogP contribution in [-0.4, -0.2) is 14.8 Å². The Balaban J connectivity index is 1.95. The van der Waals surface area contributed by atoms with Gasteiger partial charge in [0.05, 0.1) is 11.4 Å². The fraction of sp³-hybridized carbons (Fsp3) is 0.176. The van der Waals surface area contributed by atoms with Gasteiger partial charge in [-0.3, -0.25) is 4.98 Å². The number of para-hydroxylation sites is 1. The molecular formula is C17H16N4. The van der Waals surface area contributed by atoms with Gasteiger partial charge in [0.15, 0.2) is 0 Å². The first kappa shape index (κ1) is 12.1. The summed E-state index contributed by atoms with van der Waals surface area (Å²) < 4.78 is 2.05. The van der Waals surface area contributed by atoms with Gasteiger partial charge in [0, 0.05) is 29.2 Å². The molecule has 0 unspecified atom stereocenters. The Morgan fingerprint density at radius 2 is 2.05 bits per heavy atom. The Bertz CT molecular complexity index is 805. The predicted octanol–water partition coefficient (Wildman–Crippen LogP) is 3.53. The molecule has 1 atom stereocenters. The molecule has 1 aromatic carbocycles. The van der Waals surface area contributed by atoms with Gasteiger partial charge >= 0.3 is 0 Å². The van der Waals surface area contributed by atoms with Crippen LogP contribution in [-0.2, 0) is 0 Å². The Hall–Kier alpha value is -2.62. The van der Waals surface area contributed by atoms with Gasteiger partial charge in [-0.1, -0.05) is 24.3 Å². The molecule has 104 valence electrons. The first-order valence-corrected chi connectivity index (χ1v) is 7.06. The Morgan fingerprint density at radius 1 is 1.14 bits per heavy atom. The highest BCUT2D eigenvalue weighted by Crippen LogP contribution is 2.39. The lowest BCUT2D eigenvalue weighted by atomic mass is 10.0. The van der Waals surface area contributed by atoms with Crippen LogP contribution in [0, 0.1) is 13.8 Å². The van der Waals surface area contributed by atoms with Gasteiger partial charge < -0.3 is 5.32 Å². The van der Waals surface area contributed by atoms with Crippen molar-refractivity contribution in [3.8, 4) is 11.3 Å². The third-order valence-corrected chi connectivity index (χ3v) is 3.93. The lowest BCUT2D eigenvalue weighted by Crippen LogP contribution is -2.26. The normalized spacial score (nSPS) is 16.0. The highest BCUT2D eigenvalue weighted by Gasteiger charge is 2.27. The lowest BCUT2D eigenvalue weighted by Gasteiger charge is -2.30. The van der Waals surface area contributed by atoms with Gasteiger partial charge in [0.2, 0.25) is 0 Å². The third-order valence-electron chi connectivity index (χ3n) is 3.93. The Kier molecular flexibility index (Phi) is 2.57. The molecule has 0 saturated carbocycles. The predicted molar refractivity (Wildman–Crippen MR) is 83.1 cm³/mol. The number of hydrogen-bond donors (Lipinski definition) is 1. The highest BCUT2D eigenvalue weighted by atomic mass is 15.4. The maximum absolute atomic E-state index is 4.66. The van der Waals surface area contributed by atoms with Gasteiger partial charge in [-0.25, -0.2) is 4.68 Å². The molecule has 0 bridgehead atoms. The van der Waals surface area contributed by atoms with Gasteiger partial charge in [-0.2, -0.15) is 5.10 Å². The van der Waals surface area contributed by atoms with Crippen LogP contribution in [0.3, 0.4) is 0 Å². The molecule has 1 aliphatic rings. The second-order valence-electron chi connectivity index (χ2n) is 5.45. The van der Waals surface area contributed by atoms with Crippen LogP contribution in [0.2, 0.25) is 0 Å². The summed E-state index contributed by atoms with van der Waals surface area (Å²) in [5.41, 5.74) is 6.91. The number of fused-ring (bicyclic) bond motifs is 3. The van der Waals surface area contributed by atoms with Crippen molar-refractivity contribution in [2.24, 2.45) is 0 Å². The van der Waals surface area contributed by atoms with Crippen molar-refractivity contribution in [1.82, 2.24) is 14.8 Å². The monoisotopic (exact) mass is 276 g/mol. The molecule has 4 rings (SSSR count). The summed E-state index contributed by atoms with van der Waals surface area (Å²) >= 11 is 0. The van der Waals surface area contributed by atoms with E-state index < -0.39 is 0 Å². The first-order chi connectivity index (χ1) is 10.2. The number of rotatable bonds is 1. The van der Waals surface area contributed by atoms with E-state index in [1.165, 1.54) is 16.8 Å². The van der Waals surface area contributed by atoms with E-state index in [0.29, 0.717) is 0 Å². The minimum Gasteiger partial charge on any atom is -0.359 e. The number of aryl methyl sites for hydroxylation is 2. The molecule has 3 aromatic rings. The summed E-state index contributed by atoms with van der Waals surface area (Å²) in [6.07, 6.45) is 3.67. The van der Waals surface area contributed by atoms with Gasteiger partial charge in [-0.05, 0) is 31.5 Å². The minimum atomic E-state index is -0.0176. The van der Waals surface area contributed by atoms with Crippen LogP contribution in [0.25, 0.3) is 11.3 Å². The van der Waals surface area contributed by atoms with E-state index in [0.717, 1.165) is 17.0 Å². The fourth-order valence-electron chi connectivity index (χ4n) is 2.95. The molecule has 0 aliphatic carbocycles. The number of pyridine rings is 1. The van der Waals surface area contributed by atoms with Crippen molar-refractivity contribution >= 4 is 5.69 Å². The van der Waals surface area contributed by atoms with Gasteiger partial charge in [-0.15, -0.1) is 0 Å². The van der Waals surface area contributed by atoms with Crippen LogP contribution >= 0.6 is 0 Å². The number of anilines is 1. The topological polar surface area (TPSA) is 42.7 Å². The highest BCUT2D eigenvalue weighted by molar-refractivity contribution is 5.81. The molecule has 0 radical (unpaired) electrons. The minimum absolute atomic E-state index is 0.0176. The fourth-order valence-corrected chi connectivity index (χ4v) is 2.95. The summed E-state index contributed by atoms with van der Waals surface area (Å²) in [5, 5.41) is 8.28. The van der Waals surface area contributed by atoms with E-state index in [1.54, 1.807) is 6.20 Å². The zero-order chi connectivity index (χ0) is 14.4. The second kappa shape index (κ2) is 4.45. The summed E-state index contributed by atoms with van der Waals surface area (Å²) in [5.74, 6) is 0. The van der Waals surface area contributed by atoms with Crippen molar-refractivity contribution in [1.29, 1.82) is 0 Å². The van der Waals surface area contributed by atoms with Crippen molar-refractivity contribution in [2.75, 3.05) is 5.32 Å². The molecule has 0 spiro atoms. The number of hydrogen-bond acceptors (Lipinski definition) is 3. The molecule has 3 heterocycles. The smallest absolute Gasteiger partial charge is 0.148 e. The third kappa shape index (κ3) is 1.83. The van der Waals surface area contributed by atoms with E-state index in [-0.39, 0.29) is 6.17 Å². The SMILES string of the molecule is Cc1cc2n(n1)[C@@H](c1cccnc1)Nc1c(C)cccc1-2. The van der Waals surface area contributed by atoms with Crippen LogP contribution in [0.5, 0.6) is 0 Å². The zero-order valence-corrected chi connectivity index (χ0v) is 12.0. The number of nitrogens with zero attached hydrogens (tertiary/aromatic N) is 3. The van der Waals surface area contributed by atoms with Crippen LogP contribution < -0.4 is 5.32 Å². The molecule has 1 N–H and O–H groups in total. The summed E-state index contributed by atoms with van der Waals surface area (Å²) in [6.45, 7) is 4.16. The van der Waals surface area contributed by atoms with Crippen molar-refractivity contribution in [3.05, 3.63) is 65.6 Å². The summed E-state index contributed by atoms with van der Waals surface area (Å²) in [4.78, 5) is 4.24. The van der Waals surface area contributed by atoms with E-state index in [9.17, 15) is 0 Å². The number of benzene rings is 1. The Morgan fingerprint density at radius 3 is 2.86 bits per heavy atom. The number of nitrogens with one attached hydrogen (secondary N) is 1. The molecule has 2 aromatic heterocycles. The summed E-state index contributed by atoms with van der Waals surface area (Å²) in [6, 6.07) is 12.5. The molecule has 0 fully saturated rings. The average Bonchev–Trinajstić information content (AvgIpc) is 2.89. The van der Waals surface area contributed by atoms with Crippen molar-refractivity contribution in [2.45, 2.75) is 20.0 Å². The number of aromatic nitrogens is 3. The quantitative estimate of drug-likeness (QED) is 0.739. The van der Waals surface area contributed by atoms with Crippen molar-refractivity contribution < 1.29 is 0 Å². The largest absolute Gasteiger partial charge is 0.359 e. The molecule has 1 aliphatic heterocycles. The average molecular weight is 276 g/mol. The Labute approximate surface area is 123 Å². The molecule has 0 amide bonds. The van der Waals surface area contributed by atoms with Crippen LogP contribution in [0.1, 0.15) is 23.0 Å².